The molecule has 5 heteroatoms. The Kier molecular flexibility index (Phi) is 4.27. The Morgan fingerprint density at radius 1 is 1.53 bits per heavy atom. The smallest absolute Gasteiger partial charge is 0.410 e. The molecule has 1 amide bonds. The van der Waals surface area contributed by atoms with Crippen molar-refractivity contribution in [3.8, 4) is 0 Å². The van der Waals surface area contributed by atoms with E-state index in [1.165, 1.54) is 12.0 Å². The van der Waals surface area contributed by atoms with Gasteiger partial charge in [0.1, 0.15) is 12.1 Å². The Hall–Kier alpha value is -1.39. The molecule has 0 radical (unpaired) electrons. The zero-order chi connectivity index (χ0) is 11.3. The first-order valence-electron chi connectivity index (χ1n) is 4.99. The van der Waals surface area contributed by atoms with E-state index >= 15 is 0 Å². The highest BCUT2D eigenvalue weighted by Gasteiger charge is 2.27. The van der Waals surface area contributed by atoms with E-state index in [9.17, 15) is 14.4 Å². The molecule has 15 heavy (non-hydrogen) atoms. The molecule has 0 bridgehead atoms. The van der Waals surface area contributed by atoms with Crippen LogP contribution in [-0.4, -0.2) is 42.8 Å². The van der Waals surface area contributed by atoms with Gasteiger partial charge in [0.15, 0.2) is 0 Å². The molecule has 1 rings (SSSR count). The van der Waals surface area contributed by atoms with Gasteiger partial charge in [0.25, 0.3) is 0 Å². The van der Waals surface area contributed by atoms with E-state index in [1.807, 2.05) is 0 Å². The summed E-state index contributed by atoms with van der Waals surface area (Å²) in [6.07, 6.45) is 2.40. The van der Waals surface area contributed by atoms with Crippen molar-refractivity contribution in [3.63, 3.8) is 0 Å². The van der Waals surface area contributed by atoms with Crippen molar-refractivity contribution in [1.82, 2.24) is 4.90 Å². The Bertz CT molecular complexity index is 254. The lowest BCUT2D eigenvalue weighted by Gasteiger charge is -2.31. The lowest BCUT2D eigenvalue weighted by atomic mass is 9.93. The Labute approximate surface area is 88.4 Å². The minimum Gasteiger partial charge on any atom is -0.453 e. The van der Waals surface area contributed by atoms with Crippen molar-refractivity contribution in [3.05, 3.63) is 0 Å². The van der Waals surface area contributed by atoms with Crippen molar-refractivity contribution >= 4 is 18.2 Å². The monoisotopic (exact) mass is 213 g/mol. The number of amides is 1. The highest BCUT2D eigenvalue weighted by molar-refractivity contribution is 5.79. The summed E-state index contributed by atoms with van der Waals surface area (Å²) in [7, 11) is 1.29. The molecule has 0 aliphatic heterocycles. The van der Waals surface area contributed by atoms with Gasteiger partial charge in [-0.3, -0.25) is 9.69 Å². The van der Waals surface area contributed by atoms with Gasteiger partial charge < -0.3 is 9.53 Å². The Morgan fingerprint density at radius 3 is 2.60 bits per heavy atom. The average molecular weight is 213 g/mol. The third-order valence-corrected chi connectivity index (χ3v) is 2.63. The maximum absolute atomic E-state index is 11.3. The van der Waals surface area contributed by atoms with Crippen LogP contribution in [0.2, 0.25) is 0 Å². The van der Waals surface area contributed by atoms with Crippen molar-refractivity contribution in [2.75, 3.05) is 13.7 Å². The van der Waals surface area contributed by atoms with Gasteiger partial charge in [-0.1, -0.05) is 0 Å². The summed E-state index contributed by atoms with van der Waals surface area (Å²) < 4.78 is 4.59. The van der Waals surface area contributed by atoms with Gasteiger partial charge in [-0.05, 0) is 12.8 Å². The molecule has 0 atom stereocenters. The molecule has 1 aliphatic carbocycles. The third-order valence-electron chi connectivity index (χ3n) is 2.63. The van der Waals surface area contributed by atoms with Gasteiger partial charge in [-0.2, -0.15) is 0 Å². The number of methoxy groups -OCH3 is 1. The second-order valence-electron chi connectivity index (χ2n) is 3.56. The number of hydrogen-bond donors (Lipinski definition) is 0. The maximum Gasteiger partial charge on any atom is 0.410 e. The molecule has 0 aromatic heterocycles. The third kappa shape index (κ3) is 3.04. The summed E-state index contributed by atoms with van der Waals surface area (Å²) in [5.41, 5.74) is 0. The number of rotatable bonds is 3. The van der Waals surface area contributed by atoms with Crippen molar-refractivity contribution < 1.29 is 19.1 Å². The maximum atomic E-state index is 11.3. The minimum atomic E-state index is -0.499. The van der Waals surface area contributed by atoms with E-state index in [1.54, 1.807) is 0 Å². The van der Waals surface area contributed by atoms with E-state index in [4.69, 9.17) is 0 Å². The molecule has 0 aromatic rings. The van der Waals surface area contributed by atoms with E-state index in [2.05, 4.69) is 4.74 Å². The van der Waals surface area contributed by atoms with Crippen LogP contribution in [0.25, 0.3) is 0 Å². The van der Waals surface area contributed by atoms with Crippen LogP contribution in [0.1, 0.15) is 25.7 Å². The molecule has 0 aromatic carbocycles. The first-order chi connectivity index (χ1) is 7.19. The van der Waals surface area contributed by atoms with E-state index in [0.717, 1.165) is 0 Å². The number of carbonyl (C=O) groups is 3. The summed E-state index contributed by atoms with van der Waals surface area (Å²) in [5.74, 6) is 0.224. The van der Waals surface area contributed by atoms with Crippen LogP contribution < -0.4 is 0 Å². The summed E-state index contributed by atoms with van der Waals surface area (Å²) >= 11 is 0. The fourth-order valence-electron chi connectivity index (χ4n) is 1.81. The van der Waals surface area contributed by atoms with Gasteiger partial charge in [-0.25, -0.2) is 4.79 Å². The van der Waals surface area contributed by atoms with Crippen LogP contribution in [0, 0.1) is 0 Å². The normalized spacial score (nSPS) is 17.3. The molecule has 84 valence electrons. The van der Waals surface area contributed by atoms with Gasteiger partial charge in [0, 0.05) is 18.9 Å². The Morgan fingerprint density at radius 2 is 2.13 bits per heavy atom. The molecule has 0 heterocycles. The molecule has 1 saturated carbocycles. The number of carbonyl (C=O) groups excluding carboxylic acids is 3. The molecule has 0 spiro atoms. The van der Waals surface area contributed by atoms with Crippen LogP contribution in [0.4, 0.5) is 4.79 Å². The predicted octanol–water partition coefficient (Wildman–Crippen LogP) is 0.765. The number of ketones is 1. The van der Waals surface area contributed by atoms with Crippen LogP contribution in [0.3, 0.4) is 0 Å². The second-order valence-corrected chi connectivity index (χ2v) is 3.56. The summed E-state index contributed by atoms with van der Waals surface area (Å²) in [6, 6.07) is -0.0413. The highest BCUT2D eigenvalue weighted by Crippen LogP contribution is 2.20. The molecule has 0 N–H and O–H groups in total. The van der Waals surface area contributed by atoms with Crippen LogP contribution >= 0.6 is 0 Å². The zero-order valence-electron chi connectivity index (χ0n) is 8.77. The first-order valence-corrected chi connectivity index (χ1v) is 4.99. The lowest BCUT2D eigenvalue weighted by molar-refractivity contribution is -0.121. The topological polar surface area (TPSA) is 63.7 Å². The molecular weight excluding hydrogens is 198 g/mol. The fraction of sp³-hybridized carbons (Fsp3) is 0.700. The number of nitrogens with zero attached hydrogens (tertiary/aromatic N) is 1. The number of ether oxygens (including phenoxy) is 1. The lowest BCUT2D eigenvalue weighted by Crippen LogP contribution is -2.43. The second kappa shape index (κ2) is 5.48. The first kappa shape index (κ1) is 11.7. The standard InChI is InChI=1S/C10H15NO4/c1-15-10(14)11(6-7-12)8-2-4-9(13)5-3-8/h7-8H,2-6H2,1H3. The van der Waals surface area contributed by atoms with Gasteiger partial charge in [0.2, 0.25) is 0 Å². The number of aldehydes is 1. The van der Waals surface area contributed by atoms with Crippen molar-refractivity contribution in [2.24, 2.45) is 0 Å². The van der Waals surface area contributed by atoms with E-state index in [-0.39, 0.29) is 18.4 Å². The molecule has 0 unspecified atom stereocenters. The molecule has 5 nitrogen and oxygen atoms in total. The van der Waals surface area contributed by atoms with Crippen LogP contribution in [-0.2, 0) is 14.3 Å². The summed E-state index contributed by atoms with van der Waals surface area (Å²) in [4.78, 5) is 34.2. The van der Waals surface area contributed by atoms with Crippen LogP contribution in [0.5, 0.6) is 0 Å². The SMILES string of the molecule is COC(=O)N(CC=O)C1CCC(=O)CC1. The number of hydrogen-bond acceptors (Lipinski definition) is 4. The summed E-state index contributed by atoms with van der Waals surface area (Å²) in [6.45, 7) is 0.0333. The highest BCUT2D eigenvalue weighted by atomic mass is 16.5. The predicted molar refractivity (Wildman–Crippen MR) is 52.4 cm³/mol. The van der Waals surface area contributed by atoms with Crippen molar-refractivity contribution in [2.45, 2.75) is 31.7 Å². The van der Waals surface area contributed by atoms with Gasteiger partial charge >= 0.3 is 6.09 Å². The fourth-order valence-corrected chi connectivity index (χ4v) is 1.81. The van der Waals surface area contributed by atoms with E-state index in [0.29, 0.717) is 32.0 Å². The number of Topliss-reactive ketones (excluding diaryl/α,β-unsaturated/α-hetero) is 1. The quantitative estimate of drug-likeness (QED) is 0.649. The van der Waals surface area contributed by atoms with Crippen LogP contribution in [0.15, 0.2) is 0 Å². The van der Waals surface area contributed by atoms with Crippen molar-refractivity contribution in [1.29, 1.82) is 0 Å². The molecular formula is C10H15NO4. The molecule has 0 saturated heterocycles. The molecule has 1 fully saturated rings. The minimum absolute atomic E-state index is 0.0333. The summed E-state index contributed by atoms with van der Waals surface area (Å²) in [5, 5.41) is 0. The zero-order valence-corrected chi connectivity index (χ0v) is 8.77. The average Bonchev–Trinajstić information content (AvgIpc) is 2.26. The van der Waals surface area contributed by atoms with Gasteiger partial charge in [0.05, 0.1) is 13.7 Å². The van der Waals surface area contributed by atoms with Gasteiger partial charge in [-0.15, -0.1) is 0 Å². The largest absolute Gasteiger partial charge is 0.453 e. The Balaban J connectivity index is 2.59. The molecule has 1 aliphatic rings. The van der Waals surface area contributed by atoms with E-state index < -0.39 is 6.09 Å².